The number of allylic oxidation sites excluding steroid dienone is 4. The maximum atomic E-state index is 13.5. The Labute approximate surface area is 276 Å². The molecule has 47 heavy (non-hydrogen) atoms. The second kappa shape index (κ2) is 10.7. The molecule has 8 rings (SSSR count). The molecule has 0 bridgehead atoms. The summed E-state index contributed by atoms with van der Waals surface area (Å²) in [5.41, 5.74) is 7.60. The summed E-state index contributed by atoms with van der Waals surface area (Å²) in [6, 6.07) is 17.3. The normalized spacial score (nSPS) is 19.4. The van der Waals surface area contributed by atoms with Gasteiger partial charge >= 0.3 is 5.97 Å². The highest BCUT2D eigenvalue weighted by Crippen LogP contribution is 2.72. The maximum absolute atomic E-state index is 13.5. The zero-order valence-electron chi connectivity index (χ0n) is 26.4. The first kappa shape index (κ1) is 29.3. The van der Waals surface area contributed by atoms with Crippen molar-refractivity contribution < 1.29 is 14.7 Å². The van der Waals surface area contributed by atoms with Gasteiger partial charge in [0, 0.05) is 46.8 Å². The lowest BCUT2D eigenvalue weighted by atomic mass is 9.93. The second-order valence-corrected chi connectivity index (χ2v) is 14.2. The average molecular weight is 643 g/mol. The number of nitrogens with zero attached hydrogens (tertiary/aromatic N) is 5. The number of anilines is 2. The van der Waals surface area contributed by atoms with Crippen LogP contribution in [0.25, 0.3) is 21.3 Å². The fourth-order valence-electron chi connectivity index (χ4n) is 7.78. The number of thiazole rings is 1. The molecule has 2 aliphatic carbocycles. The van der Waals surface area contributed by atoms with Crippen molar-refractivity contribution in [3.63, 3.8) is 0 Å². The summed E-state index contributed by atoms with van der Waals surface area (Å²) >= 11 is 1.44. The minimum atomic E-state index is -1.10. The Morgan fingerprint density at radius 1 is 1.06 bits per heavy atom. The van der Waals surface area contributed by atoms with Crippen molar-refractivity contribution in [2.45, 2.75) is 46.7 Å². The topological polar surface area (TPSA) is 113 Å². The van der Waals surface area contributed by atoms with Gasteiger partial charge in [-0.05, 0) is 61.2 Å². The molecule has 2 N–H and O–H groups in total. The number of rotatable bonds is 7. The van der Waals surface area contributed by atoms with Crippen LogP contribution in [-0.2, 0) is 19.5 Å². The predicted octanol–water partition coefficient (Wildman–Crippen LogP) is 7.37. The zero-order chi connectivity index (χ0) is 32.5. The minimum Gasteiger partial charge on any atom is -0.476 e. The maximum Gasteiger partial charge on any atom is 0.355 e. The van der Waals surface area contributed by atoms with Gasteiger partial charge in [0.2, 0.25) is 0 Å². The van der Waals surface area contributed by atoms with E-state index in [9.17, 15) is 14.7 Å². The number of fused-ring (bicyclic) bond motifs is 3. The molecule has 1 aliphatic heterocycles. The van der Waals surface area contributed by atoms with E-state index < -0.39 is 5.97 Å². The minimum absolute atomic E-state index is 0.0198. The number of carboxylic acids is 1. The molecule has 1 fully saturated rings. The quantitative estimate of drug-likeness (QED) is 0.178. The van der Waals surface area contributed by atoms with E-state index >= 15 is 0 Å². The van der Waals surface area contributed by atoms with Gasteiger partial charge in [0.05, 0.1) is 23.0 Å². The first-order chi connectivity index (χ1) is 22.6. The molecule has 1 atom stereocenters. The van der Waals surface area contributed by atoms with Gasteiger partial charge in [-0.1, -0.05) is 72.7 Å². The van der Waals surface area contributed by atoms with E-state index in [0.717, 1.165) is 33.3 Å². The fraction of sp³-hybridized carbons (Fsp3) is 0.270. The molecule has 0 saturated heterocycles. The van der Waals surface area contributed by atoms with E-state index in [0.29, 0.717) is 48.1 Å². The van der Waals surface area contributed by atoms with Gasteiger partial charge in [0.15, 0.2) is 10.8 Å². The van der Waals surface area contributed by atoms with Crippen molar-refractivity contribution in [2.75, 3.05) is 16.8 Å². The Kier molecular flexibility index (Phi) is 6.70. The Hall–Kier alpha value is -5.09. The van der Waals surface area contributed by atoms with E-state index in [-0.39, 0.29) is 22.4 Å². The molecule has 4 heterocycles. The number of hydrogen-bond donors (Lipinski definition) is 2. The summed E-state index contributed by atoms with van der Waals surface area (Å²) in [7, 11) is 0. The Morgan fingerprint density at radius 3 is 2.74 bits per heavy atom. The summed E-state index contributed by atoms with van der Waals surface area (Å²) in [6.45, 7) is 8.58. The molecule has 9 nitrogen and oxygen atoms in total. The number of aromatic nitrogens is 4. The average Bonchev–Trinajstić information content (AvgIpc) is 3.43. The molecule has 1 saturated carbocycles. The number of amides is 1. The third-order valence-electron chi connectivity index (χ3n) is 10.2. The molecule has 3 aromatic heterocycles. The van der Waals surface area contributed by atoms with E-state index in [1.54, 1.807) is 6.20 Å². The van der Waals surface area contributed by atoms with Crippen LogP contribution >= 0.6 is 11.3 Å². The SMILES string of the molecule is CC1=C2C(C)(C)C2(Cn2cc(-c3ccc(N4CCc5cccc(C(=O)Nc6nc7ccccc7s6)c5C4)nc3C(=O)O)cn2)C=CC1. The molecule has 1 amide bonds. The van der Waals surface area contributed by atoms with Gasteiger partial charge in [-0.15, -0.1) is 0 Å². The second-order valence-electron chi connectivity index (χ2n) is 13.2. The van der Waals surface area contributed by atoms with Gasteiger partial charge < -0.3 is 10.0 Å². The van der Waals surface area contributed by atoms with Gasteiger partial charge in [0.25, 0.3) is 5.91 Å². The van der Waals surface area contributed by atoms with Gasteiger partial charge in [-0.25, -0.2) is 14.8 Å². The smallest absolute Gasteiger partial charge is 0.355 e. The molecule has 0 radical (unpaired) electrons. The molecule has 0 spiro atoms. The first-order valence-electron chi connectivity index (χ1n) is 15.8. The summed E-state index contributed by atoms with van der Waals surface area (Å²) in [6.07, 6.45) is 9.92. The Balaban J connectivity index is 1.04. The predicted molar refractivity (Wildman–Crippen MR) is 184 cm³/mol. The highest BCUT2D eigenvalue weighted by molar-refractivity contribution is 7.22. The van der Waals surface area contributed by atoms with Gasteiger partial charge in [-0.3, -0.25) is 14.8 Å². The van der Waals surface area contributed by atoms with Crippen LogP contribution < -0.4 is 10.2 Å². The molecule has 2 aromatic carbocycles. The van der Waals surface area contributed by atoms with Crippen molar-refractivity contribution in [1.29, 1.82) is 0 Å². The number of nitrogens with one attached hydrogen (secondary N) is 1. The van der Waals surface area contributed by atoms with Crippen LogP contribution in [0.3, 0.4) is 0 Å². The molecule has 10 heteroatoms. The number of carbonyl (C=O) groups is 2. The van der Waals surface area contributed by atoms with E-state index in [1.165, 1.54) is 22.5 Å². The van der Waals surface area contributed by atoms with Crippen molar-refractivity contribution in [1.82, 2.24) is 19.7 Å². The van der Waals surface area contributed by atoms with Crippen LogP contribution in [0, 0.1) is 10.8 Å². The van der Waals surface area contributed by atoms with Crippen molar-refractivity contribution >= 4 is 44.4 Å². The standard InChI is InChI=1S/C37H34N6O3S/c1-22-8-7-16-37(32(22)36(37,2)3)21-43-19-24(18-38-43)25-13-14-30(40-31(25)34(45)46)42-17-15-23-9-6-10-26(27(23)20-42)33(44)41-35-39-28-11-4-5-12-29(28)47-35/h4-7,9-14,16,18-19H,8,15,17,20-21H2,1-3H3,(H,45,46)(H,39,41,44). The van der Waals surface area contributed by atoms with E-state index in [1.807, 2.05) is 70.4 Å². The summed E-state index contributed by atoms with van der Waals surface area (Å²) in [5, 5.41) is 18.4. The molecule has 5 aromatic rings. The summed E-state index contributed by atoms with van der Waals surface area (Å²) in [5.74, 6) is -0.757. The van der Waals surface area contributed by atoms with Crippen LogP contribution in [0.5, 0.6) is 0 Å². The van der Waals surface area contributed by atoms with Crippen LogP contribution in [0.4, 0.5) is 10.9 Å². The van der Waals surface area contributed by atoms with Crippen LogP contribution in [0.2, 0.25) is 0 Å². The number of para-hydroxylation sites is 1. The lowest BCUT2D eigenvalue weighted by Crippen LogP contribution is -2.33. The molecule has 236 valence electrons. The lowest BCUT2D eigenvalue weighted by molar-refractivity contribution is 0.0691. The van der Waals surface area contributed by atoms with Gasteiger partial charge in [-0.2, -0.15) is 5.10 Å². The number of aromatic carboxylic acids is 1. The molecular weight excluding hydrogens is 609 g/mol. The van der Waals surface area contributed by atoms with Crippen LogP contribution in [-0.4, -0.2) is 43.3 Å². The van der Waals surface area contributed by atoms with Crippen molar-refractivity contribution in [3.05, 3.63) is 113 Å². The Morgan fingerprint density at radius 2 is 1.91 bits per heavy atom. The number of carbonyl (C=O) groups excluding carboxylic acids is 1. The highest BCUT2D eigenvalue weighted by Gasteiger charge is 2.66. The van der Waals surface area contributed by atoms with Crippen molar-refractivity contribution in [2.24, 2.45) is 10.8 Å². The van der Waals surface area contributed by atoms with E-state index in [4.69, 9.17) is 0 Å². The molecule has 3 aliphatic rings. The lowest BCUT2D eigenvalue weighted by Gasteiger charge is -2.31. The van der Waals surface area contributed by atoms with Crippen LogP contribution in [0.15, 0.2) is 90.3 Å². The fourth-order valence-corrected chi connectivity index (χ4v) is 8.64. The number of carboxylic acid groups (broad SMARTS) is 1. The third-order valence-corrected chi connectivity index (χ3v) is 11.1. The van der Waals surface area contributed by atoms with E-state index in [2.05, 4.69) is 53.3 Å². The monoisotopic (exact) mass is 642 g/mol. The summed E-state index contributed by atoms with van der Waals surface area (Å²) < 4.78 is 2.93. The molecular formula is C37H34N6O3S. The first-order valence-corrected chi connectivity index (χ1v) is 16.6. The number of benzene rings is 2. The Bertz CT molecular complexity index is 2140. The van der Waals surface area contributed by atoms with Crippen LogP contribution in [0.1, 0.15) is 59.2 Å². The number of pyridine rings is 1. The largest absolute Gasteiger partial charge is 0.476 e. The molecule has 1 unspecified atom stereocenters. The number of hydrogen-bond acceptors (Lipinski definition) is 7. The zero-order valence-corrected chi connectivity index (χ0v) is 27.3. The third kappa shape index (κ3) is 4.77. The van der Waals surface area contributed by atoms with Crippen molar-refractivity contribution in [3.8, 4) is 11.1 Å². The highest BCUT2D eigenvalue weighted by atomic mass is 32.1. The summed E-state index contributed by atoms with van der Waals surface area (Å²) in [4.78, 5) is 37.3. The van der Waals surface area contributed by atoms with Gasteiger partial charge in [0.1, 0.15) is 5.82 Å².